The average Bonchev–Trinajstić information content (AvgIpc) is 2.02. The molecule has 14 heavy (non-hydrogen) atoms. The number of methoxy groups -OCH3 is 1. The molecule has 0 fully saturated rings. The molecular weight excluding hydrogens is 284 g/mol. The van der Waals surface area contributed by atoms with Gasteiger partial charge in [0.25, 0.3) is 0 Å². The minimum absolute atomic E-state index is 0.0988. The second-order valence-corrected chi connectivity index (χ2v) is 3.73. The lowest BCUT2D eigenvalue weighted by molar-refractivity contribution is -0.137. The first-order chi connectivity index (χ1) is 6.36. The number of ether oxygens (including phenoxy) is 1. The Hall–Kier alpha value is -0.420. The van der Waals surface area contributed by atoms with Gasteiger partial charge in [-0.2, -0.15) is 13.2 Å². The minimum atomic E-state index is -4.47. The molecule has 0 aliphatic heterocycles. The van der Waals surface area contributed by atoms with E-state index in [0.717, 1.165) is 12.1 Å². The van der Waals surface area contributed by atoms with Gasteiger partial charge in [0.05, 0.1) is 22.2 Å². The van der Waals surface area contributed by atoms with E-state index in [1.165, 1.54) is 7.11 Å². The second-order valence-electron chi connectivity index (χ2n) is 2.46. The maximum atomic E-state index is 12.3. The van der Waals surface area contributed by atoms with Crippen LogP contribution < -0.4 is 4.74 Å². The van der Waals surface area contributed by atoms with Gasteiger partial charge in [0.2, 0.25) is 0 Å². The third kappa shape index (κ3) is 2.33. The van der Waals surface area contributed by atoms with Crippen LogP contribution in [0.15, 0.2) is 16.6 Å². The molecule has 0 N–H and O–H groups in total. The minimum Gasteiger partial charge on any atom is -0.496 e. The van der Waals surface area contributed by atoms with Gasteiger partial charge < -0.3 is 4.74 Å². The normalized spacial score (nSPS) is 11.6. The Morgan fingerprint density at radius 1 is 1.36 bits per heavy atom. The molecule has 0 radical (unpaired) electrons. The van der Waals surface area contributed by atoms with Crippen molar-refractivity contribution in [1.29, 1.82) is 0 Å². The lowest BCUT2D eigenvalue weighted by Crippen LogP contribution is -2.06. The predicted molar refractivity (Wildman–Crippen MR) is 50.7 cm³/mol. The zero-order valence-electron chi connectivity index (χ0n) is 6.95. The lowest BCUT2D eigenvalue weighted by atomic mass is 10.2. The van der Waals surface area contributed by atoms with Gasteiger partial charge in [0.15, 0.2) is 0 Å². The van der Waals surface area contributed by atoms with E-state index >= 15 is 0 Å². The molecular formula is C8H5BrClF3O. The Kier molecular flexibility index (Phi) is 3.32. The van der Waals surface area contributed by atoms with Crippen molar-refractivity contribution in [3.63, 3.8) is 0 Å². The monoisotopic (exact) mass is 288 g/mol. The summed E-state index contributed by atoms with van der Waals surface area (Å²) in [6, 6.07) is 2.01. The summed E-state index contributed by atoms with van der Waals surface area (Å²) < 4.78 is 42.1. The van der Waals surface area contributed by atoms with Crippen molar-refractivity contribution in [1.82, 2.24) is 0 Å². The van der Waals surface area contributed by atoms with Crippen LogP contribution in [0.2, 0.25) is 5.02 Å². The van der Waals surface area contributed by atoms with Crippen LogP contribution in [-0.4, -0.2) is 7.11 Å². The van der Waals surface area contributed by atoms with Crippen molar-refractivity contribution in [3.8, 4) is 5.75 Å². The van der Waals surface area contributed by atoms with Crippen LogP contribution in [0, 0.1) is 0 Å². The molecule has 0 spiro atoms. The molecule has 0 amide bonds. The first-order valence-corrected chi connectivity index (χ1v) is 4.63. The topological polar surface area (TPSA) is 9.23 Å². The maximum absolute atomic E-state index is 12.3. The average molecular weight is 289 g/mol. The molecule has 78 valence electrons. The molecule has 1 aromatic rings. The van der Waals surface area contributed by atoms with E-state index < -0.39 is 11.7 Å². The summed E-state index contributed by atoms with van der Waals surface area (Å²) in [5.74, 6) is 0.0988. The smallest absolute Gasteiger partial charge is 0.417 e. The van der Waals surface area contributed by atoms with Gasteiger partial charge in [0, 0.05) is 0 Å². The van der Waals surface area contributed by atoms with Crippen molar-refractivity contribution in [2.75, 3.05) is 7.11 Å². The standard InChI is InChI=1S/C8H5BrClF3O/c1-14-7-2-4(8(11,12)13)6(10)3-5(7)9/h2-3H,1H3. The molecule has 1 nitrogen and oxygen atoms in total. The van der Waals surface area contributed by atoms with Crippen LogP contribution in [0.5, 0.6) is 5.75 Å². The molecule has 0 aromatic heterocycles. The Labute approximate surface area is 91.9 Å². The maximum Gasteiger partial charge on any atom is 0.417 e. The highest BCUT2D eigenvalue weighted by Crippen LogP contribution is 2.39. The van der Waals surface area contributed by atoms with E-state index in [2.05, 4.69) is 15.9 Å². The molecule has 0 aliphatic carbocycles. The van der Waals surface area contributed by atoms with E-state index in [9.17, 15) is 13.2 Å². The van der Waals surface area contributed by atoms with Crippen LogP contribution in [0.4, 0.5) is 13.2 Å². The SMILES string of the molecule is COc1cc(C(F)(F)F)c(Cl)cc1Br. The van der Waals surface area contributed by atoms with Gasteiger partial charge in [-0.05, 0) is 28.1 Å². The third-order valence-corrected chi connectivity index (χ3v) is 2.48. The second kappa shape index (κ2) is 3.98. The Bertz CT molecular complexity index is 351. The van der Waals surface area contributed by atoms with Crippen molar-refractivity contribution in [2.24, 2.45) is 0 Å². The van der Waals surface area contributed by atoms with E-state index in [-0.39, 0.29) is 10.8 Å². The summed E-state index contributed by atoms with van der Waals surface area (Å²) in [7, 11) is 1.29. The molecule has 0 saturated heterocycles. The van der Waals surface area contributed by atoms with Gasteiger partial charge in [-0.3, -0.25) is 0 Å². The molecule has 0 heterocycles. The lowest BCUT2D eigenvalue weighted by Gasteiger charge is -2.11. The number of alkyl halides is 3. The highest BCUT2D eigenvalue weighted by atomic mass is 79.9. The quantitative estimate of drug-likeness (QED) is 0.755. The molecule has 0 aliphatic rings. The number of hydrogen-bond donors (Lipinski definition) is 0. The van der Waals surface area contributed by atoms with Gasteiger partial charge in [0.1, 0.15) is 5.75 Å². The van der Waals surface area contributed by atoms with Crippen LogP contribution in [0.1, 0.15) is 5.56 Å². The predicted octanol–water partition coefficient (Wildman–Crippen LogP) is 4.13. The zero-order chi connectivity index (χ0) is 10.9. The Morgan fingerprint density at radius 3 is 2.36 bits per heavy atom. The fraction of sp³-hybridized carbons (Fsp3) is 0.250. The molecule has 0 atom stereocenters. The van der Waals surface area contributed by atoms with Crippen molar-refractivity contribution in [2.45, 2.75) is 6.18 Å². The highest BCUT2D eigenvalue weighted by Gasteiger charge is 2.34. The zero-order valence-corrected chi connectivity index (χ0v) is 9.29. The summed E-state index contributed by atoms with van der Waals surface area (Å²) in [4.78, 5) is 0. The molecule has 0 saturated carbocycles. The van der Waals surface area contributed by atoms with E-state index in [1.54, 1.807) is 0 Å². The molecule has 0 bridgehead atoms. The highest BCUT2D eigenvalue weighted by molar-refractivity contribution is 9.10. The number of halogens is 5. The fourth-order valence-electron chi connectivity index (χ4n) is 0.903. The van der Waals surface area contributed by atoms with Crippen molar-refractivity contribution < 1.29 is 17.9 Å². The van der Waals surface area contributed by atoms with Crippen LogP contribution in [0.3, 0.4) is 0 Å². The molecule has 6 heteroatoms. The summed E-state index contributed by atoms with van der Waals surface area (Å²) in [5, 5.41) is -0.356. The summed E-state index contributed by atoms with van der Waals surface area (Å²) in [6.07, 6.45) is -4.47. The van der Waals surface area contributed by atoms with Crippen LogP contribution in [-0.2, 0) is 6.18 Å². The number of rotatable bonds is 1. The van der Waals surface area contributed by atoms with Gasteiger partial charge in [-0.15, -0.1) is 0 Å². The summed E-state index contributed by atoms with van der Waals surface area (Å²) in [5.41, 5.74) is -0.904. The van der Waals surface area contributed by atoms with Crippen LogP contribution >= 0.6 is 27.5 Å². The summed E-state index contributed by atoms with van der Waals surface area (Å²) in [6.45, 7) is 0. The largest absolute Gasteiger partial charge is 0.496 e. The Balaban J connectivity index is 3.32. The fourth-order valence-corrected chi connectivity index (χ4v) is 1.81. The Morgan fingerprint density at radius 2 is 1.93 bits per heavy atom. The van der Waals surface area contributed by atoms with E-state index in [1.807, 2.05) is 0 Å². The molecule has 1 aromatic carbocycles. The summed E-state index contributed by atoms with van der Waals surface area (Å²) >= 11 is 8.47. The number of hydrogen-bond acceptors (Lipinski definition) is 1. The van der Waals surface area contributed by atoms with Crippen molar-refractivity contribution in [3.05, 3.63) is 27.2 Å². The van der Waals surface area contributed by atoms with Gasteiger partial charge in [-0.25, -0.2) is 0 Å². The third-order valence-electron chi connectivity index (χ3n) is 1.55. The first kappa shape index (κ1) is 11.7. The van der Waals surface area contributed by atoms with Crippen molar-refractivity contribution >= 4 is 27.5 Å². The van der Waals surface area contributed by atoms with E-state index in [0.29, 0.717) is 4.47 Å². The molecule has 1 rings (SSSR count). The van der Waals surface area contributed by atoms with Gasteiger partial charge in [-0.1, -0.05) is 11.6 Å². The molecule has 0 unspecified atom stereocenters. The number of benzene rings is 1. The van der Waals surface area contributed by atoms with Crippen LogP contribution in [0.25, 0.3) is 0 Å². The van der Waals surface area contributed by atoms with E-state index in [4.69, 9.17) is 16.3 Å². The first-order valence-electron chi connectivity index (χ1n) is 3.46. The van der Waals surface area contributed by atoms with Gasteiger partial charge >= 0.3 is 6.18 Å².